The number of unbranched alkanes of at least 4 members (excludes halogenated alkanes) is 15. The van der Waals surface area contributed by atoms with Crippen LogP contribution in [0.5, 0.6) is 0 Å². The van der Waals surface area contributed by atoms with E-state index in [9.17, 15) is 15.0 Å². The van der Waals surface area contributed by atoms with Gasteiger partial charge in [-0.15, -0.1) is 0 Å². The Labute approximate surface area is 228 Å². The summed E-state index contributed by atoms with van der Waals surface area (Å²) in [5, 5.41) is 19.2. The number of carbonyl (C=O) groups is 1. The van der Waals surface area contributed by atoms with Gasteiger partial charge in [-0.05, 0) is 19.3 Å². The molecule has 0 amide bonds. The van der Waals surface area contributed by atoms with Crippen molar-refractivity contribution >= 4 is 18.6 Å². The number of esters is 1. The Morgan fingerprint density at radius 2 is 1.14 bits per heavy atom. The number of ether oxygens (including phenoxy) is 2. The summed E-state index contributed by atoms with van der Waals surface area (Å²) in [6, 6.07) is 0. The maximum Gasteiger partial charge on any atom is 0.336 e. The summed E-state index contributed by atoms with van der Waals surface area (Å²) in [5.41, 5.74) is 0. The normalized spacial score (nSPS) is 13.6. The van der Waals surface area contributed by atoms with Crippen molar-refractivity contribution < 1.29 is 24.5 Å². The van der Waals surface area contributed by atoms with Gasteiger partial charge in [-0.3, -0.25) is 0 Å². The molecule has 0 spiro atoms. The third-order valence-electron chi connectivity index (χ3n) is 7.04. The van der Waals surface area contributed by atoms with Crippen molar-refractivity contribution in [2.24, 2.45) is 0 Å². The van der Waals surface area contributed by atoms with Gasteiger partial charge in [0.05, 0.1) is 19.8 Å². The average Bonchev–Trinajstić information content (AvgIpc) is 2.87. The minimum absolute atomic E-state index is 0.0946. The fourth-order valence-corrected chi connectivity index (χ4v) is 5.14. The van der Waals surface area contributed by atoms with Gasteiger partial charge >= 0.3 is 5.97 Å². The molecule has 216 valence electrons. The molecular weight excluding hydrogens is 472 g/mol. The lowest BCUT2D eigenvalue weighted by Crippen LogP contribution is -2.47. The predicted octanol–water partition coefficient (Wildman–Crippen LogP) is 7.80. The molecule has 2 N–H and O–H groups in total. The van der Waals surface area contributed by atoms with Crippen molar-refractivity contribution in [3.63, 3.8) is 0 Å². The topological polar surface area (TPSA) is 76.0 Å². The molecule has 0 aromatic carbocycles. The third kappa shape index (κ3) is 18.9. The van der Waals surface area contributed by atoms with Crippen molar-refractivity contribution in [1.82, 2.24) is 0 Å². The number of aliphatic hydroxyl groups excluding tert-OH is 2. The van der Waals surface area contributed by atoms with E-state index in [1.807, 2.05) is 0 Å². The molecule has 0 aromatic heterocycles. The number of hydrogen-bond donors (Lipinski definition) is 3. The van der Waals surface area contributed by atoms with Crippen LogP contribution >= 0.6 is 12.6 Å². The highest BCUT2D eigenvalue weighted by atomic mass is 32.1. The number of aliphatic hydroxyl groups is 2. The third-order valence-corrected chi connectivity index (χ3v) is 7.72. The molecule has 0 fully saturated rings. The molecule has 0 heterocycles. The van der Waals surface area contributed by atoms with E-state index in [0.717, 1.165) is 51.4 Å². The first-order valence-electron chi connectivity index (χ1n) is 15.2. The van der Waals surface area contributed by atoms with Crippen LogP contribution in [0.2, 0.25) is 0 Å². The lowest BCUT2D eigenvalue weighted by atomic mass is 9.88. The highest BCUT2D eigenvalue weighted by Crippen LogP contribution is 2.35. The molecule has 0 bridgehead atoms. The maximum absolute atomic E-state index is 13.2. The van der Waals surface area contributed by atoms with Gasteiger partial charge in [0.2, 0.25) is 0 Å². The average molecular weight is 533 g/mol. The Balaban J connectivity index is 5.12. The zero-order valence-electron chi connectivity index (χ0n) is 24.0. The fraction of sp³-hybridized carbons (Fsp3) is 0.967. The van der Waals surface area contributed by atoms with Gasteiger partial charge in [0.25, 0.3) is 0 Å². The Morgan fingerprint density at radius 1 is 0.722 bits per heavy atom. The van der Waals surface area contributed by atoms with Crippen LogP contribution in [0.4, 0.5) is 0 Å². The lowest BCUT2D eigenvalue weighted by molar-refractivity contribution is -0.163. The Bertz CT molecular complexity index is 472. The van der Waals surface area contributed by atoms with Gasteiger partial charge in [0, 0.05) is 4.75 Å². The number of thiol groups is 1. The molecule has 0 saturated heterocycles. The maximum atomic E-state index is 13.2. The van der Waals surface area contributed by atoms with E-state index in [-0.39, 0.29) is 12.6 Å². The minimum Gasteiger partial charge on any atom is -0.464 e. The highest BCUT2D eigenvalue weighted by molar-refractivity contribution is 7.82. The molecule has 36 heavy (non-hydrogen) atoms. The molecule has 5 nitrogen and oxygen atoms in total. The lowest BCUT2D eigenvalue weighted by Gasteiger charge is -2.36. The molecular formula is C30H60O5S. The van der Waals surface area contributed by atoms with Crippen molar-refractivity contribution in [3.05, 3.63) is 0 Å². The van der Waals surface area contributed by atoms with E-state index in [2.05, 4.69) is 20.8 Å². The van der Waals surface area contributed by atoms with Crippen LogP contribution in [0.3, 0.4) is 0 Å². The van der Waals surface area contributed by atoms with E-state index in [4.69, 9.17) is 22.1 Å². The standard InChI is InChI=1S/C30H60O5S/c1-4-7-10-13-16-19-22-30(36,23-20-17-14-11-8-5-2)28(35-26-27(32)25-31)29(33)34-24-21-18-15-12-9-6-3/h27-28,31-32,36H,4-26H2,1-3H3. The first kappa shape index (κ1) is 35.7. The molecule has 0 aliphatic rings. The van der Waals surface area contributed by atoms with Crippen LogP contribution in [0.25, 0.3) is 0 Å². The minimum atomic E-state index is -1.01. The van der Waals surface area contributed by atoms with Crippen molar-refractivity contribution in [2.45, 2.75) is 166 Å². The van der Waals surface area contributed by atoms with E-state index < -0.39 is 23.6 Å². The van der Waals surface area contributed by atoms with E-state index in [1.54, 1.807) is 0 Å². The van der Waals surface area contributed by atoms with Gasteiger partial charge in [-0.1, -0.05) is 130 Å². The van der Waals surface area contributed by atoms with Gasteiger partial charge in [0.1, 0.15) is 6.10 Å². The molecule has 0 rings (SSSR count). The Hall–Kier alpha value is -0.300. The largest absolute Gasteiger partial charge is 0.464 e. The quantitative estimate of drug-likeness (QED) is 0.0571. The van der Waals surface area contributed by atoms with Gasteiger partial charge in [0.15, 0.2) is 6.10 Å². The van der Waals surface area contributed by atoms with Gasteiger partial charge in [-0.2, -0.15) is 12.6 Å². The predicted molar refractivity (Wildman–Crippen MR) is 155 cm³/mol. The second-order valence-electron chi connectivity index (χ2n) is 10.6. The summed E-state index contributed by atoms with van der Waals surface area (Å²) in [4.78, 5) is 13.2. The van der Waals surface area contributed by atoms with Crippen LogP contribution < -0.4 is 0 Å². The fourth-order valence-electron chi connectivity index (χ4n) is 4.64. The Kier molecular flexibility index (Phi) is 24.8. The summed E-state index contributed by atoms with van der Waals surface area (Å²) < 4.78 is 11.0. The molecule has 0 aromatic rings. The van der Waals surface area contributed by atoms with Gasteiger partial charge in [-0.25, -0.2) is 4.79 Å². The number of carbonyl (C=O) groups excluding carboxylic acids is 1. The van der Waals surface area contributed by atoms with Crippen LogP contribution in [-0.4, -0.2) is 53.0 Å². The van der Waals surface area contributed by atoms with E-state index in [1.165, 1.54) is 77.0 Å². The zero-order valence-corrected chi connectivity index (χ0v) is 24.9. The second kappa shape index (κ2) is 25.0. The second-order valence-corrected chi connectivity index (χ2v) is 11.5. The molecule has 2 atom stereocenters. The van der Waals surface area contributed by atoms with Crippen LogP contribution in [-0.2, 0) is 14.3 Å². The van der Waals surface area contributed by atoms with Crippen molar-refractivity contribution in [2.75, 3.05) is 19.8 Å². The first-order chi connectivity index (χ1) is 17.4. The number of rotatable bonds is 27. The summed E-state index contributed by atoms with van der Waals surface area (Å²) in [6.45, 7) is 6.55. The smallest absolute Gasteiger partial charge is 0.336 e. The van der Waals surface area contributed by atoms with Gasteiger partial charge < -0.3 is 19.7 Å². The first-order valence-corrected chi connectivity index (χ1v) is 15.7. The zero-order chi connectivity index (χ0) is 26.9. The van der Waals surface area contributed by atoms with Crippen LogP contribution in [0.1, 0.15) is 149 Å². The molecule has 0 aliphatic heterocycles. The summed E-state index contributed by atoms with van der Waals surface area (Å²) in [5.74, 6) is -0.374. The SMILES string of the molecule is CCCCCCCCOC(=O)C(OCC(O)CO)C(S)(CCCCCCCC)CCCCCCCC. The molecule has 0 saturated carbocycles. The molecule has 0 radical (unpaired) electrons. The van der Waals surface area contributed by atoms with Crippen molar-refractivity contribution in [1.29, 1.82) is 0 Å². The molecule has 2 unspecified atom stereocenters. The van der Waals surface area contributed by atoms with E-state index in [0.29, 0.717) is 6.61 Å². The van der Waals surface area contributed by atoms with Crippen LogP contribution in [0, 0.1) is 0 Å². The van der Waals surface area contributed by atoms with E-state index >= 15 is 0 Å². The van der Waals surface area contributed by atoms with Crippen LogP contribution in [0.15, 0.2) is 0 Å². The summed E-state index contributed by atoms with van der Waals surface area (Å²) in [6.07, 6.45) is 20.6. The molecule has 0 aliphatic carbocycles. The monoisotopic (exact) mass is 532 g/mol. The summed E-state index contributed by atoms with van der Waals surface area (Å²) in [7, 11) is 0. The number of hydrogen-bond acceptors (Lipinski definition) is 6. The molecule has 6 heteroatoms. The highest BCUT2D eigenvalue weighted by Gasteiger charge is 2.41. The van der Waals surface area contributed by atoms with Crippen molar-refractivity contribution in [3.8, 4) is 0 Å². The Morgan fingerprint density at radius 3 is 1.58 bits per heavy atom. The summed E-state index contributed by atoms with van der Waals surface area (Å²) >= 11 is 5.10.